The highest BCUT2D eigenvalue weighted by Crippen LogP contribution is 2.32. The number of rotatable bonds is 4. The quantitative estimate of drug-likeness (QED) is 0.794. The van der Waals surface area contributed by atoms with Crippen LogP contribution in [0.2, 0.25) is 0 Å². The summed E-state index contributed by atoms with van der Waals surface area (Å²) in [6.45, 7) is 4.05. The second kappa shape index (κ2) is 5.08. The second-order valence-electron chi connectivity index (χ2n) is 4.95. The lowest BCUT2D eigenvalue weighted by Gasteiger charge is -2.11. The number of benzene rings is 1. The number of nitrogens with zero attached hydrogens (tertiary/aromatic N) is 4. The number of methoxy groups -OCH3 is 1. The number of ether oxygens (including phenoxy) is 1. The van der Waals surface area contributed by atoms with Crippen LogP contribution in [0.1, 0.15) is 24.3 Å². The zero-order valence-electron chi connectivity index (χ0n) is 12.4. The third kappa shape index (κ3) is 2.31. The van der Waals surface area contributed by atoms with Crippen LogP contribution in [-0.2, 0) is 7.05 Å². The van der Waals surface area contributed by atoms with Crippen molar-refractivity contribution in [1.29, 1.82) is 0 Å². The van der Waals surface area contributed by atoms with Crippen molar-refractivity contribution in [3.05, 3.63) is 29.5 Å². The molecule has 1 unspecified atom stereocenters. The molecular weight excluding hydrogens is 270 g/mol. The maximum Gasteiger partial charge on any atom is 0.243 e. The Bertz CT molecular complexity index is 777. The summed E-state index contributed by atoms with van der Waals surface area (Å²) < 4.78 is 12.8. The fraction of sp³-hybridized carbons (Fsp3) is 0.357. The summed E-state index contributed by atoms with van der Waals surface area (Å²) in [4.78, 5) is 0. The number of nitrogens with one attached hydrogen (secondary N) is 1. The van der Waals surface area contributed by atoms with Gasteiger partial charge in [-0.25, -0.2) is 4.68 Å². The van der Waals surface area contributed by atoms with Crippen molar-refractivity contribution >= 4 is 16.9 Å². The SMILES string of the molecule is COc1ccc2oc(C(C)Nc3nnnn3C)c(C)c2c1. The molecule has 0 fully saturated rings. The lowest BCUT2D eigenvalue weighted by Crippen LogP contribution is -2.11. The van der Waals surface area contributed by atoms with Gasteiger partial charge in [0.05, 0.1) is 13.2 Å². The van der Waals surface area contributed by atoms with Gasteiger partial charge in [-0.05, 0) is 42.5 Å². The van der Waals surface area contributed by atoms with Gasteiger partial charge in [-0.15, -0.1) is 0 Å². The lowest BCUT2D eigenvalue weighted by atomic mass is 10.1. The van der Waals surface area contributed by atoms with E-state index in [1.54, 1.807) is 18.8 Å². The summed E-state index contributed by atoms with van der Waals surface area (Å²) in [5.41, 5.74) is 1.92. The van der Waals surface area contributed by atoms with E-state index in [0.717, 1.165) is 28.0 Å². The van der Waals surface area contributed by atoms with Gasteiger partial charge in [0.2, 0.25) is 5.95 Å². The van der Waals surface area contributed by atoms with Crippen molar-refractivity contribution in [2.24, 2.45) is 7.05 Å². The summed E-state index contributed by atoms with van der Waals surface area (Å²) in [5, 5.41) is 15.6. The van der Waals surface area contributed by atoms with Crippen molar-refractivity contribution in [3.8, 4) is 5.75 Å². The predicted octanol–water partition coefficient (Wildman–Crippen LogP) is 2.45. The van der Waals surface area contributed by atoms with Gasteiger partial charge in [0.15, 0.2) is 0 Å². The van der Waals surface area contributed by atoms with Crippen LogP contribution in [0.25, 0.3) is 11.0 Å². The van der Waals surface area contributed by atoms with E-state index >= 15 is 0 Å². The number of fused-ring (bicyclic) bond motifs is 1. The summed E-state index contributed by atoms with van der Waals surface area (Å²) >= 11 is 0. The molecule has 0 saturated heterocycles. The molecule has 0 aliphatic rings. The van der Waals surface area contributed by atoms with Crippen molar-refractivity contribution in [2.75, 3.05) is 12.4 Å². The third-order valence-corrected chi connectivity index (χ3v) is 3.54. The van der Waals surface area contributed by atoms with Crippen LogP contribution in [0, 0.1) is 6.92 Å². The van der Waals surface area contributed by atoms with E-state index in [1.165, 1.54) is 0 Å². The molecule has 1 aromatic carbocycles. The Morgan fingerprint density at radius 1 is 1.38 bits per heavy atom. The number of hydrogen-bond donors (Lipinski definition) is 1. The topological polar surface area (TPSA) is 78.0 Å². The highest BCUT2D eigenvalue weighted by atomic mass is 16.5. The number of anilines is 1. The third-order valence-electron chi connectivity index (χ3n) is 3.54. The molecule has 3 aromatic rings. The molecule has 110 valence electrons. The smallest absolute Gasteiger partial charge is 0.243 e. The van der Waals surface area contributed by atoms with Crippen molar-refractivity contribution < 1.29 is 9.15 Å². The van der Waals surface area contributed by atoms with Gasteiger partial charge in [0, 0.05) is 18.0 Å². The first-order valence-electron chi connectivity index (χ1n) is 6.66. The van der Waals surface area contributed by atoms with Gasteiger partial charge in [0.25, 0.3) is 0 Å². The molecule has 0 bridgehead atoms. The molecule has 1 atom stereocenters. The largest absolute Gasteiger partial charge is 0.497 e. The molecule has 3 rings (SSSR count). The van der Waals surface area contributed by atoms with Gasteiger partial charge in [-0.2, -0.15) is 0 Å². The molecule has 7 nitrogen and oxygen atoms in total. The molecule has 21 heavy (non-hydrogen) atoms. The monoisotopic (exact) mass is 287 g/mol. The average molecular weight is 287 g/mol. The lowest BCUT2D eigenvalue weighted by molar-refractivity contribution is 0.415. The maximum absolute atomic E-state index is 5.95. The van der Waals surface area contributed by atoms with E-state index in [-0.39, 0.29) is 6.04 Å². The fourth-order valence-corrected chi connectivity index (χ4v) is 2.37. The predicted molar refractivity (Wildman–Crippen MR) is 78.3 cm³/mol. The molecule has 0 aliphatic carbocycles. The number of aromatic nitrogens is 4. The van der Waals surface area contributed by atoms with E-state index in [9.17, 15) is 0 Å². The van der Waals surface area contributed by atoms with Gasteiger partial charge < -0.3 is 14.5 Å². The second-order valence-corrected chi connectivity index (χ2v) is 4.95. The van der Waals surface area contributed by atoms with E-state index in [2.05, 4.69) is 20.8 Å². The molecule has 2 aromatic heterocycles. The van der Waals surface area contributed by atoms with E-state index in [1.807, 2.05) is 32.0 Å². The van der Waals surface area contributed by atoms with Crippen LogP contribution < -0.4 is 10.1 Å². The Balaban J connectivity index is 1.96. The Hall–Kier alpha value is -2.57. The molecule has 1 N–H and O–H groups in total. The highest BCUT2D eigenvalue weighted by molar-refractivity contribution is 5.83. The molecule has 0 spiro atoms. The molecule has 0 amide bonds. The average Bonchev–Trinajstić information content (AvgIpc) is 3.03. The van der Waals surface area contributed by atoms with Crippen LogP contribution in [-0.4, -0.2) is 27.3 Å². The van der Waals surface area contributed by atoms with Gasteiger partial charge in [-0.3, -0.25) is 0 Å². The van der Waals surface area contributed by atoms with Crippen LogP contribution in [0.15, 0.2) is 22.6 Å². The Morgan fingerprint density at radius 3 is 2.86 bits per heavy atom. The van der Waals surface area contributed by atoms with Crippen molar-refractivity contribution in [1.82, 2.24) is 20.2 Å². The minimum atomic E-state index is -0.0481. The zero-order chi connectivity index (χ0) is 15.0. The molecule has 7 heteroatoms. The van der Waals surface area contributed by atoms with Gasteiger partial charge in [-0.1, -0.05) is 5.10 Å². The summed E-state index contributed by atoms with van der Waals surface area (Å²) in [5.74, 6) is 2.28. The molecule has 2 heterocycles. The minimum Gasteiger partial charge on any atom is -0.497 e. The van der Waals surface area contributed by atoms with Crippen LogP contribution in [0.4, 0.5) is 5.95 Å². The van der Waals surface area contributed by atoms with Crippen LogP contribution in [0.5, 0.6) is 5.75 Å². The van der Waals surface area contributed by atoms with E-state index in [4.69, 9.17) is 9.15 Å². The normalized spacial score (nSPS) is 12.6. The van der Waals surface area contributed by atoms with E-state index in [0.29, 0.717) is 5.95 Å². The fourth-order valence-electron chi connectivity index (χ4n) is 2.37. The maximum atomic E-state index is 5.95. The summed E-state index contributed by atoms with van der Waals surface area (Å²) in [6.07, 6.45) is 0. The summed E-state index contributed by atoms with van der Waals surface area (Å²) in [6, 6.07) is 5.74. The highest BCUT2D eigenvalue weighted by Gasteiger charge is 2.18. The van der Waals surface area contributed by atoms with Gasteiger partial charge >= 0.3 is 0 Å². The number of tetrazole rings is 1. The Morgan fingerprint density at radius 2 is 2.19 bits per heavy atom. The van der Waals surface area contributed by atoms with Crippen LogP contribution >= 0.6 is 0 Å². The molecule has 0 aliphatic heterocycles. The minimum absolute atomic E-state index is 0.0481. The number of aryl methyl sites for hydroxylation is 2. The first kappa shape index (κ1) is 13.4. The summed E-state index contributed by atoms with van der Waals surface area (Å²) in [7, 11) is 3.44. The molecule has 0 saturated carbocycles. The van der Waals surface area contributed by atoms with E-state index < -0.39 is 0 Å². The van der Waals surface area contributed by atoms with Crippen LogP contribution in [0.3, 0.4) is 0 Å². The molecular formula is C14H17N5O2. The number of furan rings is 1. The molecule has 0 radical (unpaired) electrons. The number of hydrogen-bond acceptors (Lipinski definition) is 6. The van der Waals surface area contributed by atoms with Gasteiger partial charge in [0.1, 0.15) is 17.1 Å². The van der Waals surface area contributed by atoms with Crippen molar-refractivity contribution in [3.63, 3.8) is 0 Å². The van der Waals surface area contributed by atoms with Crippen molar-refractivity contribution in [2.45, 2.75) is 19.9 Å². The first-order chi connectivity index (χ1) is 10.1. The standard InChI is InChI=1S/C14H17N5O2/c1-8-11-7-10(20-4)5-6-12(11)21-13(8)9(2)15-14-16-17-18-19(14)3/h5-7,9H,1-4H3,(H,15,16,18). The Labute approximate surface area is 121 Å². The Kier molecular flexibility index (Phi) is 3.25. The zero-order valence-corrected chi connectivity index (χ0v) is 12.4. The first-order valence-corrected chi connectivity index (χ1v) is 6.66.